The van der Waals surface area contributed by atoms with Crippen molar-refractivity contribution in [3.63, 3.8) is 0 Å². The fourth-order valence-corrected chi connectivity index (χ4v) is 5.75. The topological polar surface area (TPSA) is 24.9 Å². The summed E-state index contributed by atoms with van der Waals surface area (Å²) in [4.78, 5) is 5.91. The lowest BCUT2D eigenvalue weighted by atomic mass is 9.59. The minimum atomic E-state index is -4.36. The molecule has 0 saturated carbocycles. The summed E-state index contributed by atoms with van der Waals surface area (Å²) in [6, 6.07) is 5.26. The third-order valence-corrected chi connectivity index (χ3v) is 7.61. The van der Waals surface area contributed by atoms with Gasteiger partial charge >= 0.3 is 6.18 Å². The van der Waals surface area contributed by atoms with Gasteiger partial charge < -0.3 is 5.32 Å². The quantitative estimate of drug-likeness (QED) is 0.523. The molecule has 1 aromatic carbocycles. The summed E-state index contributed by atoms with van der Waals surface area (Å²) in [6.07, 6.45) is 0.935. The molecule has 6 heteroatoms. The Kier molecular flexibility index (Phi) is 4.88. The smallest absolute Gasteiger partial charge is 0.332 e. The summed E-state index contributed by atoms with van der Waals surface area (Å²) >= 11 is 1.55. The van der Waals surface area contributed by atoms with Gasteiger partial charge in [-0.2, -0.15) is 13.2 Å². The van der Waals surface area contributed by atoms with Crippen molar-refractivity contribution in [1.29, 1.82) is 0 Å². The Balaban J connectivity index is 1.66. The van der Waals surface area contributed by atoms with Crippen LogP contribution in [-0.2, 0) is 12.6 Å². The molecule has 0 bridgehead atoms. The fraction of sp³-hybridized carbons (Fsp3) is 0.435. The van der Waals surface area contributed by atoms with Crippen molar-refractivity contribution in [2.45, 2.75) is 46.2 Å². The van der Waals surface area contributed by atoms with E-state index in [0.717, 1.165) is 37.1 Å². The zero-order chi connectivity index (χ0) is 21.0. The number of thiazole rings is 1. The van der Waals surface area contributed by atoms with Crippen molar-refractivity contribution in [3.05, 3.63) is 58.6 Å². The highest BCUT2D eigenvalue weighted by Gasteiger charge is 2.45. The van der Waals surface area contributed by atoms with Gasteiger partial charge in [0.25, 0.3) is 0 Å². The lowest BCUT2D eigenvalue weighted by molar-refractivity contribution is -0.137. The maximum Gasteiger partial charge on any atom is 0.416 e. The van der Waals surface area contributed by atoms with Crippen molar-refractivity contribution >= 4 is 27.7 Å². The van der Waals surface area contributed by atoms with Gasteiger partial charge in [-0.15, -0.1) is 0 Å². The summed E-state index contributed by atoms with van der Waals surface area (Å²) in [6.45, 7) is 10.9. The molecule has 2 aromatic rings. The molecule has 29 heavy (non-hydrogen) atoms. The van der Waals surface area contributed by atoms with Crippen LogP contribution in [0.4, 0.5) is 24.0 Å². The molecule has 1 heterocycles. The molecule has 0 aliphatic heterocycles. The first-order valence-corrected chi connectivity index (χ1v) is 10.7. The van der Waals surface area contributed by atoms with E-state index in [-0.39, 0.29) is 5.41 Å². The molecule has 0 fully saturated rings. The van der Waals surface area contributed by atoms with E-state index in [4.69, 9.17) is 4.98 Å². The number of alkyl halides is 3. The maximum atomic E-state index is 13.0. The first-order chi connectivity index (χ1) is 13.6. The lowest BCUT2D eigenvalue weighted by Gasteiger charge is -2.46. The van der Waals surface area contributed by atoms with Gasteiger partial charge in [0.2, 0.25) is 0 Å². The van der Waals surface area contributed by atoms with Crippen molar-refractivity contribution in [3.8, 4) is 0 Å². The number of anilines is 2. The van der Waals surface area contributed by atoms with Crippen molar-refractivity contribution in [2.24, 2.45) is 17.3 Å². The van der Waals surface area contributed by atoms with Crippen LogP contribution < -0.4 is 5.32 Å². The van der Waals surface area contributed by atoms with E-state index in [0.29, 0.717) is 22.7 Å². The Hall–Kier alpha value is -2.08. The van der Waals surface area contributed by atoms with E-state index in [1.54, 1.807) is 17.4 Å². The predicted octanol–water partition coefficient (Wildman–Crippen LogP) is 7.47. The molecule has 4 rings (SSSR count). The van der Waals surface area contributed by atoms with Crippen LogP contribution in [0.3, 0.4) is 0 Å². The SMILES string of the molecule is C=C(C)[C@@H]1CC=C2c3sc(Nc4cccc(C(F)(F)F)c4)nc3C[C@@H](C)[C@]2(C)C1. The first kappa shape index (κ1) is 20.2. The normalized spacial score (nSPS) is 26.3. The molecular formula is C23H25F3N2S. The van der Waals surface area contributed by atoms with E-state index >= 15 is 0 Å². The van der Waals surface area contributed by atoms with Gasteiger partial charge in [0.05, 0.1) is 16.1 Å². The monoisotopic (exact) mass is 418 g/mol. The Morgan fingerprint density at radius 2 is 2.10 bits per heavy atom. The zero-order valence-corrected chi connectivity index (χ0v) is 17.7. The van der Waals surface area contributed by atoms with Crippen LogP contribution in [0.15, 0.2) is 42.5 Å². The van der Waals surface area contributed by atoms with Crippen molar-refractivity contribution < 1.29 is 13.2 Å². The Bertz CT molecular complexity index is 988. The number of allylic oxidation sites excluding steroid dienone is 3. The minimum Gasteiger partial charge on any atom is -0.332 e. The van der Waals surface area contributed by atoms with Gasteiger partial charge in [-0.1, -0.05) is 49.5 Å². The number of nitrogens with one attached hydrogen (secondary N) is 1. The molecule has 1 aromatic heterocycles. The molecule has 2 aliphatic rings. The van der Waals surface area contributed by atoms with Gasteiger partial charge in [0.1, 0.15) is 0 Å². The average Bonchev–Trinajstić information content (AvgIpc) is 3.03. The van der Waals surface area contributed by atoms with Gasteiger partial charge in [0, 0.05) is 5.69 Å². The Morgan fingerprint density at radius 3 is 2.79 bits per heavy atom. The first-order valence-electron chi connectivity index (χ1n) is 9.88. The maximum absolute atomic E-state index is 13.0. The number of hydrogen-bond acceptors (Lipinski definition) is 3. The predicted molar refractivity (Wildman–Crippen MR) is 113 cm³/mol. The second kappa shape index (κ2) is 7.01. The molecule has 3 atom stereocenters. The van der Waals surface area contributed by atoms with E-state index in [1.807, 2.05) is 0 Å². The van der Waals surface area contributed by atoms with Gasteiger partial charge in [-0.3, -0.25) is 0 Å². The van der Waals surface area contributed by atoms with E-state index in [9.17, 15) is 13.2 Å². The minimum absolute atomic E-state index is 0.0782. The Morgan fingerprint density at radius 1 is 1.34 bits per heavy atom. The fourth-order valence-electron chi connectivity index (χ4n) is 4.56. The summed E-state index contributed by atoms with van der Waals surface area (Å²) in [5, 5.41) is 3.74. The van der Waals surface area contributed by atoms with Crippen LogP contribution in [0, 0.1) is 17.3 Å². The van der Waals surface area contributed by atoms with Crippen molar-refractivity contribution in [2.75, 3.05) is 5.32 Å². The van der Waals surface area contributed by atoms with Crippen LogP contribution >= 0.6 is 11.3 Å². The Labute approximate surface area is 173 Å². The number of hydrogen-bond donors (Lipinski definition) is 1. The molecule has 0 radical (unpaired) electrons. The molecule has 2 nitrogen and oxygen atoms in total. The highest BCUT2D eigenvalue weighted by Crippen LogP contribution is 2.57. The average molecular weight is 419 g/mol. The van der Waals surface area contributed by atoms with Gasteiger partial charge in [-0.25, -0.2) is 4.98 Å². The van der Waals surface area contributed by atoms with E-state index in [1.165, 1.54) is 22.1 Å². The number of fused-ring (bicyclic) bond motifs is 3. The standard InChI is InChI=1S/C23H25F3N2S/c1-13(2)15-8-9-18-20-19(10-14(3)22(18,4)12-15)28-21(29-20)27-17-7-5-6-16(11-17)23(24,25)26/h5-7,9,11,14-15H,1,8,10,12H2,2-4H3,(H,27,28)/t14-,15-,22+/m1/s1. The highest BCUT2D eigenvalue weighted by molar-refractivity contribution is 7.16. The second-order valence-electron chi connectivity index (χ2n) is 8.62. The highest BCUT2D eigenvalue weighted by atomic mass is 32.1. The summed E-state index contributed by atoms with van der Waals surface area (Å²) in [7, 11) is 0. The summed E-state index contributed by atoms with van der Waals surface area (Å²) in [5.41, 5.74) is 3.45. The molecule has 2 aliphatic carbocycles. The molecular weight excluding hydrogens is 393 g/mol. The summed E-state index contributed by atoms with van der Waals surface area (Å²) in [5.74, 6) is 0.954. The molecule has 0 spiro atoms. The van der Waals surface area contributed by atoms with Crippen LogP contribution in [0.1, 0.15) is 49.7 Å². The van der Waals surface area contributed by atoms with E-state index < -0.39 is 11.7 Å². The number of aromatic nitrogens is 1. The zero-order valence-electron chi connectivity index (χ0n) is 16.9. The number of halogens is 3. The number of benzene rings is 1. The van der Waals surface area contributed by atoms with E-state index in [2.05, 4.69) is 38.7 Å². The molecule has 0 saturated heterocycles. The van der Waals surface area contributed by atoms with Crippen LogP contribution in [0.5, 0.6) is 0 Å². The lowest BCUT2D eigenvalue weighted by Crippen LogP contribution is -2.36. The number of rotatable bonds is 3. The van der Waals surface area contributed by atoms with Crippen molar-refractivity contribution in [1.82, 2.24) is 4.98 Å². The van der Waals surface area contributed by atoms with Crippen LogP contribution in [-0.4, -0.2) is 4.98 Å². The third kappa shape index (κ3) is 3.63. The summed E-state index contributed by atoms with van der Waals surface area (Å²) < 4.78 is 39.0. The van der Waals surface area contributed by atoms with Crippen LogP contribution in [0.25, 0.3) is 5.57 Å². The third-order valence-electron chi connectivity index (χ3n) is 6.56. The second-order valence-corrected chi connectivity index (χ2v) is 9.62. The largest absolute Gasteiger partial charge is 0.416 e. The molecule has 154 valence electrons. The number of nitrogens with zero attached hydrogens (tertiary/aromatic N) is 1. The molecule has 1 N–H and O–H groups in total. The molecule has 0 amide bonds. The molecule has 0 unspecified atom stereocenters. The van der Waals surface area contributed by atoms with Gasteiger partial charge in [0.15, 0.2) is 5.13 Å². The van der Waals surface area contributed by atoms with Crippen LogP contribution in [0.2, 0.25) is 0 Å². The van der Waals surface area contributed by atoms with Gasteiger partial charge in [-0.05, 0) is 67.2 Å².